The van der Waals surface area contributed by atoms with Gasteiger partial charge in [-0.05, 0) is 50.6 Å². The van der Waals surface area contributed by atoms with Crippen LogP contribution in [0.25, 0.3) is 0 Å². The van der Waals surface area contributed by atoms with Crippen LogP contribution in [0.2, 0.25) is 5.02 Å². The molecule has 1 heterocycles. The Kier molecular flexibility index (Phi) is 5.28. The maximum absolute atomic E-state index is 14.5. The van der Waals surface area contributed by atoms with Gasteiger partial charge in [0.25, 0.3) is 0 Å². The Morgan fingerprint density at radius 2 is 1.83 bits per heavy atom. The van der Waals surface area contributed by atoms with Gasteiger partial charge in [0, 0.05) is 21.6 Å². The quantitative estimate of drug-likeness (QED) is 0.677. The largest absolute Gasteiger partial charge is 0.489 e. The number of carboxylic acid groups (broad SMARTS) is 1. The molecule has 0 saturated heterocycles. The molecule has 0 bridgehead atoms. The zero-order chi connectivity index (χ0) is 21.7. The number of hydrogen-bond donors (Lipinski definition) is 1. The standard InChI is InChI=1S/C22H23ClF2O4/c1-11-21(2,3)15-9-14(23)6-12(18(15)29-11)10-28-19-16(24)7-13(8-17(19)25)22(4,5)20(26)27/h6-9,11H,10H2,1-5H3,(H,26,27). The summed E-state index contributed by atoms with van der Waals surface area (Å²) < 4.78 is 40.4. The number of carbonyl (C=O) groups is 1. The van der Waals surface area contributed by atoms with Crippen LogP contribution in [-0.4, -0.2) is 17.2 Å². The number of halogens is 3. The molecule has 0 aromatic heterocycles. The van der Waals surface area contributed by atoms with Crippen LogP contribution in [0, 0.1) is 11.6 Å². The lowest BCUT2D eigenvalue weighted by Crippen LogP contribution is -2.28. The Hall–Kier alpha value is -2.34. The molecule has 0 spiro atoms. The highest BCUT2D eigenvalue weighted by atomic mass is 35.5. The topological polar surface area (TPSA) is 55.8 Å². The zero-order valence-corrected chi connectivity index (χ0v) is 17.7. The first kappa shape index (κ1) is 21.4. The minimum Gasteiger partial charge on any atom is -0.489 e. The predicted octanol–water partition coefficient (Wildman–Crippen LogP) is 5.62. The van der Waals surface area contributed by atoms with E-state index >= 15 is 0 Å². The third kappa shape index (κ3) is 3.66. The average molecular weight is 425 g/mol. The van der Waals surface area contributed by atoms with Gasteiger partial charge in [-0.1, -0.05) is 25.4 Å². The van der Waals surface area contributed by atoms with E-state index < -0.39 is 28.8 Å². The lowest BCUT2D eigenvalue weighted by molar-refractivity contribution is -0.142. The smallest absolute Gasteiger partial charge is 0.313 e. The minimum absolute atomic E-state index is 0.00917. The number of ether oxygens (including phenoxy) is 2. The van der Waals surface area contributed by atoms with E-state index in [1.54, 1.807) is 6.07 Å². The molecule has 1 atom stereocenters. The Bertz CT molecular complexity index is 962. The van der Waals surface area contributed by atoms with E-state index in [0.717, 1.165) is 17.7 Å². The van der Waals surface area contributed by atoms with Crippen molar-refractivity contribution >= 4 is 17.6 Å². The molecule has 1 unspecified atom stereocenters. The maximum atomic E-state index is 14.5. The van der Waals surface area contributed by atoms with E-state index in [0.29, 0.717) is 16.3 Å². The first-order valence-electron chi connectivity index (χ1n) is 9.21. The summed E-state index contributed by atoms with van der Waals surface area (Å²) in [5.74, 6) is -3.09. The summed E-state index contributed by atoms with van der Waals surface area (Å²) in [7, 11) is 0. The molecule has 1 aliphatic rings. The first-order chi connectivity index (χ1) is 13.4. The molecule has 0 aliphatic carbocycles. The van der Waals surface area contributed by atoms with Gasteiger partial charge >= 0.3 is 5.97 Å². The molecular formula is C22H23ClF2O4. The molecule has 29 heavy (non-hydrogen) atoms. The van der Waals surface area contributed by atoms with E-state index in [2.05, 4.69) is 0 Å². The zero-order valence-electron chi connectivity index (χ0n) is 16.9. The van der Waals surface area contributed by atoms with Crippen LogP contribution < -0.4 is 9.47 Å². The van der Waals surface area contributed by atoms with Crippen molar-refractivity contribution in [3.8, 4) is 11.5 Å². The summed E-state index contributed by atoms with van der Waals surface area (Å²) in [4.78, 5) is 11.4. The molecule has 7 heteroatoms. The number of benzene rings is 2. The molecule has 156 valence electrons. The third-order valence-electron chi connectivity index (χ3n) is 5.76. The summed E-state index contributed by atoms with van der Waals surface area (Å²) in [6.07, 6.45) is -0.0966. The molecule has 4 nitrogen and oxygen atoms in total. The third-order valence-corrected chi connectivity index (χ3v) is 5.98. The molecule has 2 aromatic carbocycles. The van der Waals surface area contributed by atoms with Gasteiger partial charge in [-0.25, -0.2) is 8.78 Å². The summed E-state index contributed by atoms with van der Waals surface area (Å²) in [6, 6.07) is 5.44. The highest BCUT2D eigenvalue weighted by molar-refractivity contribution is 6.30. The van der Waals surface area contributed by atoms with Crippen molar-refractivity contribution in [2.45, 2.75) is 58.2 Å². The number of rotatable bonds is 5. The highest BCUT2D eigenvalue weighted by Gasteiger charge is 2.40. The van der Waals surface area contributed by atoms with E-state index in [1.165, 1.54) is 13.8 Å². The maximum Gasteiger partial charge on any atom is 0.313 e. The van der Waals surface area contributed by atoms with E-state index in [4.69, 9.17) is 21.1 Å². The van der Waals surface area contributed by atoms with Gasteiger partial charge in [0.15, 0.2) is 17.4 Å². The molecule has 1 N–H and O–H groups in total. The second-order valence-corrected chi connectivity index (χ2v) is 8.85. The van der Waals surface area contributed by atoms with Crippen LogP contribution in [0.15, 0.2) is 24.3 Å². The normalized spacial score (nSPS) is 17.6. The van der Waals surface area contributed by atoms with Crippen molar-refractivity contribution < 1.29 is 28.2 Å². The minimum atomic E-state index is -1.44. The number of fused-ring (bicyclic) bond motifs is 1. The van der Waals surface area contributed by atoms with E-state index in [-0.39, 0.29) is 23.7 Å². The Balaban J connectivity index is 1.92. The summed E-state index contributed by atoms with van der Waals surface area (Å²) in [6.45, 7) is 8.61. The van der Waals surface area contributed by atoms with Gasteiger partial charge in [0.1, 0.15) is 18.5 Å². The van der Waals surface area contributed by atoms with E-state index in [1.807, 2.05) is 26.8 Å². The fraction of sp³-hybridized carbons (Fsp3) is 0.409. The fourth-order valence-corrected chi connectivity index (χ4v) is 3.49. The van der Waals surface area contributed by atoms with Gasteiger partial charge < -0.3 is 14.6 Å². The number of carboxylic acids is 1. The highest BCUT2D eigenvalue weighted by Crippen LogP contribution is 2.46. The summed E-state index contributed by atoms with van der Waals surface area (Å²) >= 11 is 6.23. The van der Waals surface area contributed by atoms with Crippen LogP contribution in [-0.2, 0) is 22.2 Å². The second-order valence-electron chi connectivity index (χ2n) is 8.41. The lowest BCUT2D eigenvalue weighted by Gasteiger charge is -2.22. The molecule has 0 radical (unpaired) electrons. The van der Waals surface area contributed by atoms with Gasteiger partial charge in [-0.15, -0.1) is 0 Å². The molecule has 0 saturated carbocycles. The Morgan fingerprint density at radius 3 is 2.38 bits per heavy atom. The molecule has 1 aliphatic heterocycles. The molecule has 2 aromatic rings. The van der Waals surface area contributed by atoms with Crippen molar-refractivity contribution in [3.05, 3.63) is 57.6 Å². The van der Waals surface area contributed by atoms with Crippen LogP contribution in [0.5, 0.6) is 11.5 Å². The van der Waals surface area contributed by atoms with Crippen LogP contribution >= 0.6 is 11.6 Å². The fourth-order valence-electron chi connectivity index (χ4n) is 3.25. The molecular weight excluding hydrogens is 402 g/mol. The summed E-state index contributed by atoms with van der Waals surface area (Å²) in [5.41, 5.74) is -0.205. The number of hydrogen-bond acceptors (Lipinski definition) is 3. The first-order valence-corrected chi connectivity index (χ1v) is 9.58. The van der Waals surface area contributed by atoms with Gasteiger partial charge in [0.2, 0.25) is 0 Å². The van der Waals surface area contributed by atoms with Crippen molar-refractivity contribution in [1.82, 2.24) is 0 Å². The van der Waals surface area contributed by atoms with Crippen LogP contribution in [0.1, 0.15) is 51.3 Å². The van der Waals surface area contributed by atoms with E-state index in [9.17, 15) is 18.7 Å². The van der Waals surface area contributed by atoms with Crippen molar-refractivity contribution in [1.29, 1.82) is 0 Å². The van der Waals surface area contributed by atoms with Crippen LogP contribution in [0.4, 0.5) is 8.78 Å². The predicted molar refractivity (Wildman–Crippen MR) is 106 cm³/mol. The SMILES string of the molecule is CC1Oc2c(COc3c(F)cc(C(C)(C)C(=O)O)cc3F)cc(Cl)cc2C1(C)C. The monoisotopic (exact) mass is 424 g/mol. The lowest BCUT2D eigenvalue weighted by atomic mass is 9.81. The Morgan fingerprint density at radius 1 is 1.24 bits per heavy atom. The Labute approximate surface area is 173 Å². The van der Waals surface area contributed by atoms with Gasteiger partial charge in [-0.3, -0.25) is 4.79 Å². The number of aliphatic carboxylic acids is 1. The van der Waals surface area contributed by atoms with Crippen molar-refractivity contribution in [2.24, 2.45) is 0 Å². The molecule has 0 fully saturated rings. The summed E-state index contributed by atoms with van der Waals surface area (Å²) in [5, 5.41) is 9.75. The van der Waals surface area contributed by atoms with Crippen molar-refractivity contribution in [3.63, 3.8) is 0 Å². The molecule has 3 rings (SSSR count). The molecule has 0 amide bonds. The van der Waals surface area contributed by atoms with Crippen molar-refractivity contribution in [2.75, 3.05) is 0 Å². The second kappa shape index (κ2) is 7.17. The van der Waals surface area contributed by atoms with Gasteiger partial charge in [0.05, 0.1) is 5.41 Å². The van der Waals surface area contributed by atoms with Crippen LogP contribution in [0.3, 0.4) is 0 Å². The average Bonchev–Trinajstić information content (AvgIpc) is 2.83. The van der Waals surface area contributed by atoms with Gasteiger partial charge in [-0.2, -0.15) is 0 Å².